The average molecular weight is 320 g/mol. The molecule has 1 amide bonds. The molecule has 0 fully saturated rings. The van der Waals surface area contributed by atoms with Gasteiger partial charge in [-0.3, -0.25) is 4.79 Å². The maximum Gasteiger partial charge on any atom is 0.279 e. The van der Waals surface area contributed by atoms with E-state index in [9.17, 15) is 4.79 Å². The standard InChI is InChI=1S/C17H19ClN2O2/c1-12(13-7-3-4-8-14(13)18)19-11-17(21)20-15-9-5-6-10-16(15)22-2/h3-10,12,19H,11H2,1-2H3,(H,20,21)/p+1/t12-/m1/s1. The van der Waals surface area contributed by atoms with Gasteiger partial charge in [-0.2, -0.15) is 0 Å². The van der Waals surface area contributed by atoms with Crippen LogP contribution in [0.15, 0.2) is 48.5 Å². The third-order valence-corrected chi connectivity index (χ3v) is 3.78. The average Bonchev–Trinajstić information content (AvgIpc) is 2.53. The van der Waals surface area contributed by atoms with E-state index in [2.05, 4.69) is 5.32 Å². The van der Waals surface area contributed by atoms with Crippen molar-refractivity contribution in [3.63, 3.8) is 0 Å². The van der Waals surface area contributed by atoms with Crippen molar-refractivity contribution in [3.05, 3.63) is 59.1 Å². The Morgan fingerprint density at radius 1 is 1.23 bits per heavy atom. The summed E-state index contributed by atoms with van der Waals surface area (Å²) in [5.74, 6) is 0.568. The topological polar surface area (TPSA) is 54.9 Å². The highest BCUT2D eigenvalue weighted by Gasteiger charge is 2.14. The first-order chi connectivity index (χ1) is 10.6. The van der Waals surface area contributed by atoms with Gasteiger partial charge in [0, 0.05) is 10.6 Å². The first-order valence-corrected chi connectivity index (χ1v) is 7.50. The molecule has 1 atom stereocenters. The number of anilines is 1. The molecule has 0 unspecified atom stereocenters. The lowest BCUT2D eigenvalue weighted by molar-refractivity contribution is -0.682. The predicted molar refractivity (Wildman–Crippen MR) is 88.3 cm³/mol. The first kappa shape index (κ1) is 16.3. The number of carbonyl (C=O) groups is 1. The Labute approximate surface area is 135 Å². The summed E-state index contributed by atoms with van der Waals surface area (Å²) in [6.45, 7) is 2.34. The number of quaternary nitrogens is 1. The predicted octanol–water partition coefficient (Wildman–Crippen LogP) is 2.61. The normalized spacial score (nSPS) is 11.8. The SMILES string of the molecule is COc1ccccc1NC(=O)C[NH2+][C@H](C)c1ccccc1Cl. The summed E-state index contributed by atoms with van der Waals surface area (Å²) >= 11 is 6.17. The Bertz CT molecular complexity index is 646. The van der Waals surface area contributed by atoms with Crippen molar-refractivity contribution in [1.82, 2.24) is 0 Å². The largest absolute Gasteiger partial charge is 0.495 e. The summed E-state index contributed by atoms with van der Waals surface area (Å²) < 4.78 is 5.21. The molecular weight excluding hydrogens is 300 g/mol. The van der Waals surface area contributed by atoms with Crippen molar-refractivity contribution in [1.29, 1.82) is 0 Å². The highest BCUT2D eigenvalue weighted by atomic mass is 35.5. The third kappa shape index (κ3) is 4.23. The molecule has 0 radical (unpaired) electrons. The van der Waals surface area contributed by atoms with E-state index in [1.54, 1.807) is 7.11 Å². The Kier molecular flexibility index (Phi) is 5.81. The molecule has 5 heteroatoms. The van der Waals surface area contributed by atoms with Gasteiger partial charge in [0.05, 0.1) is 12.8 Å². The molecule has 0 aliphatic rings. The molecule has 0 heterocycles. The van der Waals surface area contributed by atoms with Crippen LogP contribution in [0.3, 0.4) is 0 Å². The van der Waals surface area contributed by atoms with Gasteiger partial charge in [0.1, 0.15) is 11.8 Å². The van der Waals surface area contributed by atoms with E-state index in [0.717, 1.165) is 10.6 Å². The maximum absolute atomic E-state index is 12.1. The van der Waals surface area contributed by atoms with Gasteiger partial charge in [-0.1, -0.05) is 41.9 Å². The number of methoxy groups -OCH3 is 1. The highest BCUT2D eigenvalue weighted by molar-refractivity contribution is 6.31. The van der Waals surface area contributed by atoms with Crippen LogP contribution in [-0.4, -0.2) is 19.6 Å². The number of nitrogens with two attached hydrogens (primary N) is 1. The second-order valence-electron chi connectivity index (χ2n) is 5.00. The van der Waals surface area contributed by atoms with E-state index in [0.29, 0.717) is 18.0 Å². The van der Waals surface area contributed by atoms with Crippen LogP contribution in [0, 0.1) is 0 Å². The van der Waals surface area contributed by atoms with Gasteiger partial charge in [0.15, 0.2) is 6.54 Å². The quantitative estimate of drug-likeness (QED) is 0.860. The molecule has 3 N–H and O–H groups in total. The fourth-order valence-electron chi connectivity index (χ4n) is 2.20. The van der Waals surface area contributed by atoms with E-state index in [4.69, 9.17) is 16.3 Å². The summed E-state index contributed by atoms with van der Waals surface area (Å²) in [6.07, 6.45) is 0. The van der Waals surface area contributed by atoms with E-state index in [1.807, 2.05) is 60.8 Å². The van der Waals surface area contributed by atoms with Crippen molar-refractivity contribution < 1.29 is 14.8 Å². The lowest BCUT2D eigenvalue weighted by Crippen LogP contribution is -2.86. The number of hydrogen-bond acceptors (Lipinski definition) is 2. The zero-order chi connectivity index (χ0) is 15.9. The van der Waals surface area contributed by atoms with Crippen molar-refractivity contribution in [2.24, 2.45) is 0 Å². The van der Waals surface area contributed by atoms with Crippen LogP contribution in [0.1, 0.15) is 18.5 Å². The minimum atomic E-state index is -0.0802. The van der Waals surface area contributed by atoms with E-state index in [1.165, 1.54) is 0 Å². The van der Waals surface area contributed by atoms with Gasteiger partial charge in [0.2, 0.25) is 0 Å². The Morgan fingerprint density at radius 2 is 1.91 bits per heavy atom. The Morgan fingerprint density at radius 3 is 2.64 bits per heavy atom. The van der Waals surface area contributed by atoms with Crippen LogP contribution in [-0.2, 0) is 4.79 Å². The van der Waals surface area contributed by atoms with E-state index in [-0.39, 0.29) is 11.9 Å². The molecule has 2 rings (SSSR count). The fraction of sp³-hybridized carbons (Fsp3) is 0.235. The molecule has 0 saturated heterocycles. The number of halogens is 1. The highest BCUT2D eigenvalue weighted by Crippen LogP contribution is 2.22. The monoisotopic (exact) mass is 319 g/mol. The molecule has 2 aromatic carbocycles. The molecule has 2 aromatic rings. The molecule has 22 heavy (non-hydrogen) atoms. The zero-order valence-electron chi connectivity index (χ0n) is 12.7. The summed E-state index contributed by atoms with van der Waals surface area (Å²) in [5.41, 5.74) is 1.70. The summed E-state index contributed by atoms with van der Waals surface area (Å²) in [4.78, 5) is 12.1. The maximum atomic E-state index is 12.1. The molecule has 0 aromatic heterocycles. The van der Waals surface area contributed by atoms with Gasteiger partial charge in [-0.15, -0.1) is 0 Å². The molecule has 0 aliphatic heterocycles. The molecule has 4 nitrogen and oxygen atoms in total. The molecule has 116 valence electrons. The number of carbonyl (C=O) groups excluding carboxylic acids is 1. The van der Waals surface area contributed by atoms with E-state index < -0.39 is 0 Å². The molecule has 0 saturated carbocycles. The van der Waals surface area contributed by atoms with Crippen LogP contribution >= 0.6 is 11.6 Å². The molecule has 0 aliphatic carbocycles. The fourth-order valence-corrected chi connectivity index (χ4v) is 2.51. The number of amides is 1. The Balaban J connectivity index is 1.92. The van der Waals surface area contributed by atoms with Gasteiger partial charge in [-0.25, -0.2) is 0 Å². The van der Waals surface area contributed by atoms with Gasteiger partial charge in [0.25, 0.3) is 5.91 Å². The van der Waals surface area contributed by atoms with Gasteiger partial charge >= 0.3 is 0 Å². The minimum absolute atomic E-state index is 0.0802. The van der Waals surface area contributed by atoms with Crippen LogP contribution in [0.25, 0.3) is 0 Å². The number of ether oxygens (including phenoxy) is 1. The summed E-state index contributed by atoms with van der Waals surface area (Å²) in [6, 6.07) is 15.1. The second kappa shape index (κ2) is 7.82. The van der Waals surface area contributed by atoms with Crippen molar-refractivity contribution >= 4 is 23.2 Å². The lowest BCUT2D eigenvalue weighted by Gasteiger charge is -2.13. The van der Waals surface area contributed by atoms with Crippen molar-refractivity contribution in [2.75, 3.05) is 19.0 Å². The smallest absolute Gasteiger partial charge is 0.279 e. The van der Waals surface area contributed by atoms with Crippen LogP contribution in [0.4, 0.5) is 5.69 Å². The summed E-state index contributed by atoms with van der Waals surface area (Å²) in [5, 5.41) is 5.52. The molecule has 0 bridgehead atoms. The lowest BCUT2D eigenvalue weighted by atomic mass is 10.1. The van der Waals surface area contributed by atoms with Crippen LogP contribution in [0.5, 0.6) is 5.75 Å². The number of rotatable bonds is 6. The van der Waals surface area contributed by atoms with Gasteiger partial charge < -0.3 is 15.4 Å². The van der Waals surface area contributed by atoms with Crippen molar-refractivity contribution in [2.45, 2.75) is 13.0 Å². The number of hydrogen-bond donors (Lipinski definition) is 2. The number of para-hydroxylation sites is 2. The van der Waals surface area contributed by atoms with Crippen LogP contribution in [0.2, 0.25) is 5.02 Å². The zero-order valence-corrected chi connectivity index (χ0v) is 13.4. The van der Waals surface area contributed by atoms with E-state index >= 15 is 0 Å². The van der Waals surface area contributed by atoms with Gasteiger partial charge in [-0.05, 0) is 25.1 Å². The first-order valence-electron chi connectivity index (χ1n) is 7.12. The number of nitrogens with one attached hydrogen (secondary N) is 1. The third-order valence-electron chi connectivity index (χ3n) is 3.43. The van der Waals surface area contributed by atoms with Crippen LogP contribution < -0.4 is 15.4 Å². The summed E-state index contributed by atoms with van der Waals surface area (Å²) in [7, 11) is 1.58. The molecular formula is C17H20ClN2O2+. The molecule has 0 spiro atoms. The minimum Gasteiger partial charge on any atom is -0.495 e. The second-order valence-corrected chi connectivity index (χ2v) is 5.41. The van der Waals surface area contributed by atoms with Crippen molar-refractivity contribution in [3.8, 4) is 5.75 Å². The number of benzene rings is 2. The Hall–Kier alpha value is -2.04.